The number of hydrogen-bond donors (Lipinski definition) is 3. The van der Waals surface area contributed by atoms with Crippen molar-refractivity contribution in [3.63, 3.8) is 0 Å². The second kappa shape index (κ2) is 7.27. The molecule has 0 aromatic heterocycles. The van der Waals surface area contributed by atoms with Gasteiger partial charge in [-0.25, -0.2) is 0 Å². The standard InChI is InChI=1S/C22H37NO3/c1-14-5-6-19-18(12-23-15(2)25)20(8-10-21(14,19)3)22(4)9-7-17(26)11-16(22)13-24/h16-20,24,26H,1,5-13H2,2-4H3,(H,23,25)/t16-,17+,18+,19?,20?,21-,22+/m1/s1. The summed E-state index contributed by atoms with van der Waals surface area (Å²) in [7, 11) is 0. The van der Waals surface area contributed by atoms with E-state index in [-0.39, 0.29) is 35.4 Å². The van der Waals surface area contributed by atoms with Crippen LogP contribution in [0.2, 0.25) is 0 Å². The highest BCUT2D eigenvalue weighted by atomic mass is 16.3. The molecule has 3 rings (SSSR count). The van der Waals surface area contributed by atoms with E-state index in [1.165, 1.54) is 12.0 Å². The zero-order valence-corrected chi connectivity index (χ0v) is 16.8. The summed E-state index contributed by atoms with van der Waals surface area (Å²) in [5.41, 5.74) is 1.61. The molecular weight excluding hydrogens is 326 g/mol. The second-order valence-corrected chi connectivity index (χ2v) is 9.73. The van der Waals surface area contributed by atoms with Gasteiger partial charge in [0.15, 0.2) is 0 Å². The maximum Gasteiger partial charge on any atom is 0.216 e. The number of aliphatic hydroxyl groups excluding tert-OH is 2. The molecular formula is C22H37NO3. The van der Waals surface area contributed by atoms with Crippen molar-refractivity contribution in [3.05, 3.63) is 12.2 Å². The minimum atomic E-state index is -0.283. The molecule has 0 aliphatic heterocycles. The van der Waals surface area contributed by atoms with Crippen molar-refractivity contribution in [2.75, 3.05) is 13.2 Å². The molecule has 3 aliphatic carbocycles. The molecule has 26 heavy (non-hydrogen) atoms. The summed E-state index contributed by atoms with van der Waals surface area (Å²) in [5.74, 6) is 1.64. The molecule has 0 saturated heterocycles. The second-order valence-electron chi connectivity index (χ2n) is 9.73. The summed E-state index contributed by atoms with van der Waals surface area (Å²) in [6.07, 6.45) is 6.75. The molecule has 0 heterocycles. The van der Waals surface area contributed by atoms with Gasteiger partial charge in [0.25, 0.3) is 0 Å². The number of carbonyl (C=O) groups excluding carboxylic acids is 1. The lowest BCUT2D eigenvalue weighted by Crippen LogP contribution is -2.53. The fourth-order valence-electron chi connectivity index (χ4n) is 6.73. The molecule has 0 radical (unpaired) electrons. The average molecular weight is 364 g/mol. The topological polar surface area (TPSA) is 69.6 Å². The summed E-state index contributed by atoms with van der Waals surface area (Å²) in [6.45, 7) is 11.5. The lowest BCUT2D eigenvalue weighted by molar-refractivity contribution is -0.121. The van der Waals surface area contributed by atoms with Gasteiger partial charge in [-0.15, -0.1) is 0 Å². The lowest BCUT2D eigenvalue weighted by atomic mass is 9.49. The molecule has 0 spiro atoms. The molecule has 3 aliphatic rings. The van der Waals surface area contributed by atoms with E-state index in [0.29, 0.717) is 24.2 Å². The Labute approximate surface area is 158 Å². The zero-order chi connectivity index (χ0) is 19.1. The first kappa shape index (κ1) is 19.9. The molecule has 7 atom stereocenters. The Kier molecular flexibility index (Phi) is 5.56. The van der Waals surface area contributed by atoms with E-state index in [0.717, 1.165) is 38.6 Å². The monoisotopic (exact) mass is 363 g/mol. The van der Waals surface area contributed by atoms with E-state index in [4.69, 9.17) is 0 Å². The minimum Gasteiger partial charge on any atom is -0.396 e. The van der Waals surface area contributed by atoms with Crippen molar-refractivity contribution in [3.8, 4) is 0 Å². The predicted molar refractivity (Wildman–Crippen MR) is 103 cm³/mol. The van der Waals surface area contributed by atoms with Gasteiger partial charge in [-0.1, -0.05) is 26.0 Å². The molecule has 0 aromatic carbocycles. The smallest absolute Gasteiger partial charge is 0.216 e. The molecule has 4 heteroatoms. The van der Waals surface area contributed by atoms with Crippen molar-refractivity contribution < 1.29 is 15.0 Å². The SMILES string of the molecule is C=C1CCC2[C@H](CNC(C)=O)C([C@@]3(C)CC[C@H](O)C[C@@H]3CO)CC[C@]12C. The fraction of sp³-hybridized carbons (Fsp3) is 0.864. The highest BCUT2D eigenvalue weighted by Crippen LogP contribution is 2.63. The largest absolute Gasteiger partial charge is 0.396 e. The van der Waals surface area contributed by atoms with E-state index in [9.17, 15) is 15.0 Å². The Morgan fingerprint density at radius 1 is 1.23 bits per heavy atom. The molecule has 4 nitrogen and oxygen atoms in total. The first-order valence-corrected chi connectivity index (χ1v) is 10.4. The van der Waals surface area contributed by atoms with Crippen molar-refractivity contribution in [2.24, 2.45) is 34.5 Å². The Balaban J connectivity index is 1.91. The number of amides is 1. The predicted octanol–water partition coefficient (Wildman–Crippen LogP) is 3.28. The van der Waals surface area contributed by atoms with Crippen LogP contribution < -0.4 is 5.32 Å². The van der Waals surface area contributed by atoms with E-state index in [1.54, 1.807) is 6.92 Å². The van der Waals surface area contributed by atoms with Crippen LogP contribution in [0, 0.1) is 34.5 Å². The molecule has 2 unspecified atom stereocenters. The van der Waals surface area contributed by atoms with Gasteiger partial charge in [0.1, 0.15) is 0 Å². The van der Waals surface area contributed by atoms with Gasteiger partial charge in [-0.2, -0.15) is 0 Å². The van der Waals surface area contributed by atoms with Crippen LogP contribution >= 0.6 is 0 Å². The zero-order valence-electron chi connectivity index (χ0n) is 16.8. The average Bonchev–Trinajstić information content (AvgIpc) is 2.90. The lowest BCUT2D eigenvalue weighted by Gasteiger charge is -2.56. The summed E-state index contributed by atoms with van der Waals surface area (Å²) < 4.78 is 0. The normalized spacial score (nSPS) is 46.0. The molecule has 1 amide bonds. The fourth-order valence-corrected chi connectivity index (χ4v) is 6.73. The molecule has 148 valence electrons. The van der Waals surface area contributed by atoms with Gasteiger partial charge in [-0.05, 0) is 79.4 Å². The van der Waals surface area contributed by atoms with Gasteiger partial charge >= 0.3 is 0 Å². The summed E-state index contributed by atoms with van der Waals surface area (Å²) in [4.78, 5) is 11.6. The Hall–Kier alpha value is -0.870. The molecule has 0 bridgehead atoms. The molecule has 0 aromatic rings. The Bertz CT molecular complexity index is 562. The van der Waals surface area contributed by atoms with Crippen LogP contribution in [0.5, 0.6) is 0 Å². The van der Waals surface area contributed by atoms with Crippen molar-refractivity contribution in [1.29, 1.82) is 0 Å². The quantitative estimate of drug-likeness (QED) is 0.671. The van der Waals surface area contributed by atoms with Crippen LogP contribution in [0.3, 0.4) is 0 Å². The van der Waals surface area contributed by atoms with Gasteiger partial charge in [0.2, 0.25) is 5.91 Å². The third-order valence-electron chi connectivity index (χ3n) is 8.55. The van der Waals surface area contributed by atoms with E-state index in [2.05, 4.69) is 25.7 Å². The third kappa shape index (κ3) is 3.24. The molecule has 3 N–H and O–H groups in total. The van der Waals surface area contributed by atoms with Crippen LogP contribution in [-0.4, -0.2) is 35.4 Å². The summed E-state index contributed by atoms with van der Waals surface area (Å²) in [5, 5.41) is 23.3. The molecule has 3 saturated carbocycles. The van der Waals surface area contributed by atoms with Crippen LogP contribution in [0.25, 0.3) is 0 Å². The highest BCUT2D eigenvalue weighted by Gasteiger charge is 2.56. The first-order chi connectivity index (χ1) is 12.2. The minimum absolute atomic E-state index is 0.0301. The summed E-state index contributed by atoms with van der Waals surface area (Å²) in [6, 6.07) is 0. The van der Waals surface area contributed by atoms with E-state index < -0.39 is 0 Å². The van der Waals surface area contributed by atoms with Crippen LogP contribution in [0.1, 0.15) is 65.7 Å². The van der Waals surface area contributed by atoms with Crippen LogP contribution in [-0.2, 0) is 4.79 Å². The van der Waals surface area contributed by atoms with Crippen LogP contribution in [0.15, 0.2) is 12.2 Å². The highest BCUT2D eigenvalue weighted by molar-refractivity contribution is 5.72. The maximum absolute atomic E-state index is 11.6. The van der Waals surface area contributed by atoms with E-state index >= 15 is 0 Å². The number of fused-ring (bicyclic) bond motifs is 1. The van der Waals surface area contributed by atoms with Crippen molar-refractivity contribution >= 4 is 5.91 Å². The Morgan fingerprint density at radius 2 is 1.96 bits per heavy atom. The number of allylic oxidation sites excluding steroid dienone is 1. The van der Waals surface area contributed by atoms with Gasteiger partial charge in [0.05, 0.1) is 6.10 Å². The van der Waals surface area contributed by atoms with Crippen molar-refractivity contribution in [2.45, 2.75) is 71.8 Å². The number of rotatable bonds is 4. The number of carbonyl (C=O) groups is 1. The third-order valence-corrected chi connectivity index (χ3v) is 8.55. The van der Waals surface area contributed by atoms with Gasteiger partial charge in [0, 0.05) is 20.1 Å². The van der Waals surface area contributed by atoms with Gasteiger partial charge < -0.3 is 15.5 Å². The number of hydrogen-bond acceptors (Lipinski definition) is 3. The van der Waals surface area contributed by atoms with Crippen molar-refractivity contribution in [1.82, 2.24) is 5.32 Å². The maximum atomic E-state index is 11.6. The summed E-state index contributed by atoms with van der Waals surface area (Å²) >= 11 is 0. The first-order valence-electron chi connectivity index (χ1n) is 10.4. The Morgan fingerprint density at radius 3 is 2.62 bits per heavy atom. The number of nitrogens with one attached hydrogen (secondary N) is 1. The van der Waals surface area contributed by atoms with E-state index in [1.807, 2.05) is 0 Å². The van der Waals surface area contributed by atoms with Crippen LogP contribution in [0.4, 0.5) is 0 Å². The number of aliphatic hydroxyl groups is 2. The van der Waals surface area contributed by atoms with Gasteiger partial charge in [-0.3, -0.25) is 4.79 Å². The molecule has 3 fully saturated rings.